The molecule has 0 aromatic carbocycles. The van der Waals surface area contributed by atoms with Gasteiger partial charge in [-0.1, -0.05) is 0 Å². The number of anilines is 3. The third-order valence-electron chi connectivity index (χ3n) is 3.22. The van der Waals surface area contributed by atoms with Gasteiger partial charge in [0.1, 0.15) is 12.4 Å². The van der Waals surface area contributed by atoms with Crippen LogP contribution in [0, 0.1) is 0 Å². The summed E-state index contributed by atoms with van der Waals surface area (Å²) in [6.45, 7) is 1.24. The van der Waals surface area contributed by atoms with Crippen LogP contribution in [0.1, 0.15) is 0 Å². The van der Waals surface area contributed by atoms with Gasteiger partial charge in [0.05, 0.1) is 11.9 Å². The third kappa shape index (κ3) is 5.27. The normalized spacial score (nSPS) is 10.2. The van der Waals surface area contributed by atoms with Crippen molar-refractivity contribution in [3.63, 3.8) is 0 Å². The highest BCUT2D eigenvalue weighted by Crippen LogP contribution is 2.12. The van der Waals surface area contributed by atoms with E-state index in [0.717, 1.165) is 5.69 Å². The van der Waals surface area contributed by atoms with E-state index in [1.165, 1.54) is 0 Å². The Labute approximate surface area is 144 Å². The standard InChI is InChI=1S/C16H18N8O/c25-16(12-24-10-2-7-20-24)19-9-8-18-14-4-5-15(23-22-14)21-13-3-1-6-17-11-13/h1-7,10-11H,8-9,12H2,(H,18,22)(H,19,25)(H,21,23). The van der Waals surface area contributed by atoms with Gasteiger partial charge in [0.2, 0.25) is 5.91 Å². The molecule has 3 aromatic rings. The van der Waals surface area contributed by atoms with Crippen LogP contribution in [0.5, 0.6) is 0 Å². The molecule has 0 aliphatic rings. The fourth-order valence-corrected chi connectivity index (χ4v) is 2.07. The van der Waals surface area contributed by atoms with Gasteiger partial charge in [0, 0.05) is 31.7 Å². The summed E-state index contributed by atoms with van der Waals surface area (Å²) in [4.78, 5) is 15.7. The molecule has 0 bridgehead atoms. The van der Waals surface area contributed by atoms with E-state index in [0.29, 0.717) is 24.7 Å². The smallest absolute Gasteiger partial charge is 0.241 e. The predicted molar refractivity (Wildman–Crippen MR) is 93.3 cm³/mol. The Morgan fingerprint density at radius 2 is 1.92 bits per heavy atom. The summed E-state index contributed by atoms with van der Waals surface area (Å²) < 4.78 is 1.57. The number of carbonyl (C=O) groups is 1. The number of aromatic nitrogens is 5. The molecule has 3 rings (SSSR count). The number of carbonyl (C=O) groups excluding carboxylic acids is 1. The van der Waals surface area contributed by atoms with E-state index in [1.54, 1.807) is 35.5 Å². The molecule has 0 atom stereocenters. The number of rotatable bonds is 8. The highest BCUT2D eigenvalue weighted by Gasteiger charge is 2.02. The summed E-state index contributed by atoms with van der Waals surface area (Å²) in [5.41, 5.74) is 0.845. The largest absolute Gasteiger partial charge is 0.367 e. The van der Waals surface area contributed by atoms with E-state index in [9.17, 15) is 4.79 Å². The lowest BCUT2D eigenvalue weighted by Gasteiger charge is -2.08. The van der Waals surface area contributed by atoms with Crippen molar-refractivity contribution in [3.05, 3.63) is 55.1 Å². The number of hydrogen-bond acceptors (Lipinski definition) is 7. The molecule has 1 amide bonds. The van der Waals surface area contributed by atoms with Crippen LogP contribution in [-0.4, -0.2) is 44.0 Å². The van der Waals surface area contributed by atoms with Crippen molar-refractivity contribution in [2.75, 3.05) is 23.7 Å². The second-order valence-electron chi connectivity index (χ2n) is 5.15. The first kappa shape index (κ1) is 16.4. The molecule has 0 fully saturated rings. The molecular formula is C16H18N8O. The van der Waals surface area contributed by atoms with E-state index >= 15 is 0 Å². The van der Waals surface area contributed by atoms with Crippen LogP contribution in [0.3, 0.4) is 0 Å². The monoisotopic (exact) mass is 338 g/mol. The molecule has 0 saturated carbocycles. The van der Waals surface area contributed by atoms with Crippen molar-refractivity contribution in [2.45, 2.75) is 6.54 Å². The van der Waals surface area contributed by atoms with Gasteiger partial charge in [0.15, 0.2) is 5.82 Å². The van der Waals surface area contributed by atoms with Crippen LogP contribution >= 0.6 is 0 Å². The Morgan fingerprint density at radius 1 is 1.04 bits per heavy atom. The Morgan fingerprint density at radius 3 is 2.64 bits per heavy atom. The minimum atomic E-state index is -0.0902. The fraction of sp³-hybridized carbons (Fsp3) is 0.188. The van der Waals surface area contributed by atoms with E-state index < -0.39 is 0 Å². The maximum Gasteiger partial charge on any atom is 0.241 e. The second-order valence-corrected chi connectivity index (χ2v) is 5.15. The number of nitrogens with zero attached hydrogens (tertiary/aromatic N) is 5. The van der Waals surface area contributed by atoms with E-state index in [-0.39, 0.29) is 12.5 Å². The van der Waals surface area contributed by atoms with Crippen molar-refractivity contribution < 1.29 is 4.79 Å². The second kappa shape index (κ2) is 8.39. The van der Waals surface area contributed by atoms with Gasteiger partial charge >= 0.3 is 0 Å². The molecule has 0 unspecified atom stereocenters. The van der Waals surface area contributed by atoms with Crippen LogP contribution in [0.15, 0.2) is 55.1 Å². The molecular weight excluding hydrogens is 320 g/mol. The Bertz CT molecular complexity index is 774. The van der Waals surface area contributed by atoms with Gasteiger partial charge in [-0.2, -0.15) is 5.10 Å². The molecule has 3 heterocycles. The van der Waals surface area contributed by atoms with Crippen LogP contribution < -0.4 is 16.0 Å². The van der Waals surface area contributed by atoms with Gasteiger partial charge < -0.3 is 16.0 Å². The SMILES string of the molecule is O=C(Cn1cccn1)NCCNc1ccc(Nc2cccnc2)nn1. The number of pyridine rings is 1. The summed E-state index contributed by atoms with van der Waals surface area (Å²) in [7, 11) is 0. The van der Waals surface area contributed by atoms with Crippen molar-refractivity contribution in [1.29, 1.82) is 0 Å². The Kier molecular flexibility index (Phi) is 5.49. The molecule has 128 valence electrons. The minimum Gasteiger partial charge on any atom is -0.367 e. The molecule has 9 heteroatoms. The maximum absolute atomic E-state index is 11.7. The Balaban J connectivity index is 1.38. The first-order chi connectivity index (χ1) is 12.3. The zero-order valence-corrected chi connectivity index (χ0v) is 13.5. The summed E-state index contributed by atoms with van der Waals surface area (Å²) in [6.07, 6.45) is 6.80. The average molecular weight is 338 g/mol. The minimum absolute atomic E-state index is 0.0902. The van der Waals surface area contributed by atoms with Crippen LogP contribution in [-0.2, 0) is 11.3 Å². The van der Waals surface area contributed by atoms with Crippen LogP contribution in [0.25, 0.3) is 0 Å². The zero-order chi connectivity index (χ0) is 17.3. The van der Waals surface area contributed by atoms with Gasteiger partial charge in [-0.3, -0.25) is 14.5 Å². The number of nitrogens with one attached hydrogen (secondary N) is 3. The molecule has 0 radical (unpaired) electrons. The molecule has 3 aromatic heterocycles. The maximum atomic E-state index is 11.7. The number of hydrogen-bond donors (Lipinski definition) is 3. The highest BCUT2D eigenvalue weighted by molar-refractivity contribution is 5.75. The Hall–Kier alpha value is -3.49. The van der Waals surface area contributed by atoms with Crippen molar-refractivity contribution >= 4 is 23.2 Å². The highest BCUT2D eigenvalue weighted by atomic mass is 16.2. The number of amides is 1. The lowest BCUT2D eigenvalue weighted by molar-refractivity contribution is -0.121. The first-order valence-electron chi connectivity index (χ1n) is 7.78. The van der Waals surface area contributed by atoms with Gasteiger partial charge in [-0.15, -0.1) is 10.2 Å². The summed E-state index contributed by atoms with van der Waals surface area (Å²) in [5.74, 6) is 1.18. The quantitative estimate of drug-likeness (QED) is 0.526. The van der Waals surface area contributed by atoms with Crippen molar-refractivity contribution in [3.8, 4) is 0 Å². The van der Waals surface area contributed by atoms with Crippen molar-refractivity contribution in [1.82, 2.24) is 30.3 Å². The fourth-order valence-electron chi connectivity index (χ4n) is 2.07. The topological polar surface area (TPSA) is 110 Å². The predicted octanol–water partition coefficient (Wildman–Crippen LogP) is 1.04. The molecule has 9 nitrogen and oxygen atoms in total. The van der Waals surface area contributed by atoms with Crippen molar-refractivity contribution in [2.24, 2.45) is 0 Å². The lowest BCUT2D eigenvalue weighted by atomic mass is 10.4. The zero-order valence-electron chi connectivity index (χ0n) is 13.5. The van der Waals surface area contributed by atoms with Gasteiger partial charge in [-0.25, -0.2) is 0 Å². The van der Waals surface area contributed by atoms with E-state index in [1.807, 2.05) is 24.3 Å². The van der Waals surface area contributed by atoms with E-state index in [2.05, 4.69) is 36.2 Å². The first-order valence-corrected chi connectivity index (χ1v) is 7.78. The van der Waals surface area contributed by atoms with Gasteiger partial charge in [-0.05, 0) is 30.3 Å². The summed E-state index contributed by atoms with van der Waals surface area (Å²) >= 11 is 0. The molecule has 3 N–H and O–H groups in total. The van der Waals surface area contributed by atoms with Crippen LogP contribution in [0.2, 0.25) is 0 Å². The third-order valence-corrected chi connectivity index (χ3v) is 3.22. The summed E-state index contributed by atoms with van der Waals surface area (Å²) in [6, 6.07) is 9.15. The lowest BCUT2D eigenvalue weighted by Crippen LogP contribution is -2.31. The molecule has 25 heavy (non-hydrogen) atoms. The average Bonchev–Trinajstić information content (AvgIpc) is 3.14. The summed E-state index contributed by atoms with van der Waals surface area (Å²) in [5, 5.41) is 21.2. The van der Waals surface area contributed by atoms with Gasteiger partial charge in [0.25, 0.3) is 0 Å². The molecule has 0 saturated heterocycles. The van der Waals surface area contributed by atoms with Crippen LogP contribution in [0.4, 0.5) is 17.3 Å². The van der Waals surface area contributed by atoms with E-state index in [4.69, 9.17) is 0 Å². The molecule has 0 aliphatic carbocycles. The molecule has 0 aliphatic heterocycles. The molecule has 0 spiro atoms.